The first-order valence-corrected chi connectivity index (χ1v) is 11.7. The summed E-state index contributed by atoms with van der Waals surface area (Å²) in [5.41, 5.74) is 1.07. The van der Waals surface area contributed by atoms with Gasteiger partial charge in [-0.2, -0.15) is 0 Å². The third-order valence-corrected chi connectivity index (χ3v) is 5.51. The summed E-state index contributed by atoms with van der Waals surface area (Å²) >= 11 is 0. The van der Waals surface area contributed by atoms with Gasteiger partial charge >= 0.3 is 12.3 Å². The summed E-state index contributed by atoms with van der Waals surface area (Å²) in [4.78, 5) is 36.7. The number of hydrogen-bond donors (Lipinski definition) is 4. The summed E-state index contributed by atoms with van der Waals surface area (Å²) in [5, 5.41) is 24.9. The molecule has 37 heavy (non-hydrogen) atoms. The van der Waals surface area contributed by atoms with E-state index in [0.29, 0.717) is 0 Å². The summed E-state index contributed by atoms with van der Waals surface area (Å²) < 4.78 is 41.3. The van der Waals surface area contributed by atoms with Crippen LogP contribution in [0.15, 0.2) is 54.6 Å². The van der Waals surface area contributed by atoms with Crippen molar-refractivity contribution in [3.8, 4) is 5.75 Å². The number of aliphatic hydroxyl groups excluding tert-OH is 1. The Morgan fingerprint density at radius 3 is 2.22 bits per heavy atom. The summed E-state index contributed by atoms with van der Waals surface area (Å²) in [6.45, 7) is 3.41. The minimum Gasteiger partial charge on any atom is -0.481 e. The van der Waals surface area contributed by atoms with E-state index in [1.165, 1.54) is 12.1 Å². The molecule has 0 aliphatic carbocycles. The van der Waals surface area contributed by atoms with Gasteiger partial charge < -0.3 is 25.6 Å². The van der Waals surface area contributed by atoms with Gasteiger partial charge in [0, 0.05) is 6.42 Å². The lowest BCUT2D eigenvalue weighted by molar-refractivity contribution is -0.274. The summed E-state index contributed by atoms with van der Waals surface area (Å²) in [7, 11) is 0. The zero-order chi connectivity index (χ0) is 27.6. The van der Waals surface area contributed by atoms with Crippen LogP contribution in [0.5, 0.6) is 5.75 Å². The Kier molecular flexibility index (Phi) is 10.9. The number of benzene rings is 2. The standard InChI is InChI=1S/C26H31F3N2O6/c1-16(2)24(31-22(33)15-18-9-6-10-19(13-18)37-26(27,28)29)25(36)30-20(21(32)11-12-23(34)35)14-17-7-4-3-5-8-17/h3-10,13,16,20-21,24,32H,11-12,14-15H2,1-2H3,(H,30,36)(H,31,33)(H,34,35)/t20-,21-,24?/m0/s1. The van der Waals surface area contributed by atoms with E-state index >= 15 is 0 Å². The number of aliphatic carboxylic acids is 1. The van der Waals surface area contributed by atoms with Gasteiger partial charge in [0.05, 0.1) is 18.6 Å². The summed E-state index contributed by atoms with van der Waals surface area (Å²) in [5.74, 6) is -3.08. The quantitative estimate of drug-likeness (QED) is 0.319. The Balaban J connectivity index is 2.10. The van der Waals surface area contributed by atoms with E-state index in [4.69, 9.17) is 5.11 Å². The first-order chi connectivity index (χ1) is 17.3. The Morgan fingerprint density at radius 2 is 1.62 bits per heavy atom. The Labute approximate surface area is 212 Å². The molecule has 2 amide bonds. The number of nitrogens with one attached hydrogen (secondary N) is 2. The van der Waals surface area contributed by atoms with Crippen LogP contribution in [-0.2, 0) is 27.2 Å². The van der Waals surface area contributed by atoms with Crippen molar-refractivity contribution >= 4 is 17.8 Å². The molecule has 2 rings (SSSR count). The molecule has 0 aromatic heterocycles. The molecular formula is C26H31F3N2O6. The molecule has 0 aliphatic heterocycles. The largest absolute Gasteiger partial charge is 0.573 e. The Morgan fingerprint density at radius 1 is 0.973 bits per heavy atom. The van der Waals surface area contributed by atoms with Gasteiger partial charge in [-0.1, -0.05) is 56.3 Å². The zero-order valence-electron chi connectivity index (χ0n) is 20.5. The van der Waals surface area contributed by atoms with E-state index in [2.05, 4.69) is 15.4 Å². The fourth-order valence-electron chi connectivity index (χ4n) is 3.69. The molecule has 4 N–H and O–H groups in total. The average molecular weight is 525 g/mol. The molecule has 0 bridgehead atoms. The van der Waals surface area contributed by atoms with E-state index in [1.807, 2.05) is 6.07 Å². The molecule has 2 aromatic carbocycles. The van der Waals surface area contributed by atoms with E-state index in [-0.39, 0.29) is 37.2 Å². The van der Waals surface area contributed by atoms with Crippen molar-refractivity contribution in [1.29, 1.82) is 0 Å². The van der Waals surface area contributed by atoms with E-state index in [0.717, 1.165) is 17.7 Å². The van der Waals surface area contributed by atoms with Crippen molar-refractivity contribution in [3.63, 3.8) is 0 Å². The third-order valence-electron chi connectivity index (χ3n) is 5.51. The maximum Gasteiger partial charge on any atom is 0.573 e. The third kappa shape index (κ3) is 10.9. The van der Waals surface area contributed by atoms with Crippen molar-refractivity contribution in [3.05, 3.63) is 65.7 Å². The monoisotopic (exact) mass is 524 g/mol. The van der Waals surface area contributed by atoms with Crippen molar-refractivity contribution in [2.75, 3.05) is 0 Å². The number of carbonyl (C=O) groups is 3. The molecule has 0 heterocycles. The fraction of sp³-hybridized carbons (Fsp3) is 0.423. The number of aliphatic hydroxyl groups is 1. The number of ether oxygens (including phenoxy) is 1. The van der Waals surface area contributed by atoms with Crippen molar-refractivity contribution in [1.82, 2.24) is 10.6 Å². The highest BCUT2D eigenvalue weighted by atomic mass is 19.4. The lowest BCUT2D eigenvalue weighted by Gasteiger charge is -2.28. The number of rotatable bonds is 13. The molecule has 0 fully saturated rings. The molecule has 3 atom stereocenters. The molecule has 0 saturated carbocycles. The van der Waals surface area contributed by atoms with Gasteiger partial charge in [0.25, 0.3) is 0 Å². The number of carboxylic acid groups (broad SMARTS) is 1. The van der Waals surface area contributed by atoms with Crippen molar-refractivity contribution in [2.45, 2.75) is 64.1 Å². The molecule has 8 nitrogen and oxygen atoms in total. The molecule has 0 radical (unpaired) electrons. The van der Waals surface area contributed by atoms with Crippen LogP contribution in [0.3, 0.4) is 0 Å². The second kappa shape index (κ2) is 13.6. The average Bonchev–Trinajstić information content (AvgIpc) is 2.80. The number of amides is 2. The highest BCUT2D eigenvalue weighted by molar-refractivity contribution is 5.88. The maximum absolute atomic E-state index is 13.1. The number of alkyl halides is 3. The zero-order valence-corrected chi connectivity index (χ0v) is 20.5. The lowest BCUT2D eigenvalue weighted by atomic mass is 9.96. The van der Waals surface area contributed by atoms with Gasteiger partial charge in [-0.05, 0) is 42.0 Å². The van der Waals surface area contributed by atoms with Crippen molar-refractivity contribution in [2.24, 2.45) is 5.92 Å². The fourth-order valence-corrected chi connectivity index (χ4v) is 3.69. The number of hydrogen-bond acceptors (Lipinski definition) is 5. The van der Waals surface area contributed by atoms with E-state index < -0.39 is 48.1 Å². The normalized spacial score (nSPS) is 13.9. The smallest absolute Gasteiger partial charge is 0.481 e. The second-order valence-corrected chi connectivity index (χ2v) is 8.97. The highest BCUT2D eigenvalue weighted by Crippen LogP contribution is 2.23. The van der Waals surface area contributed by atoms with Crippen LogP contribution in [0, 0.1) is 5.92 Å². The van der Waals surface area contributed by atoms with Crippen LogP contribution in [0.25, 0.3) is 0 Å². The maximum atomic E-state index is 13.1. The van der Waals surface area contributed by atoms with Crippen LogP contribution in [0.1, 0.15) is 37.8 Å². The van der Waals surface area contributed by atoms with Gasteiger partial charge in [-0.15, -0.1) is 13.2 Å². The SMILES string of the molecule is CC(C)C(NC(=O)Cc1cccc(OC(F)(F)F)c1)C(=O)N[C@@H](Cc1ccccc1)[C@@H](O)CCC(=O)O. The van der Waals surface area contributed by atoms with Gasteiger partial charge in [0.2, 0.25) is 11.8 Å². The van der Waals surface area contributed by atoms with E-state index in [9.17, 15) is 32.7 Å². The molecule has 2 aromatic rings. The molecular weight excluding hydrogens is 493 g/mol. The first-order valence-electron chi connectivity index (χ1n) is 11.7. The molecule has 1 unspecified atom stereocenters. The number of carboxylic acids is 1. The van der Waals surface area contributed by atoms with Crippen molar-refractivity contribution < 1.29 is 42.5 Å². The molecule has 0 saturated heterocycles. The highest BCUT2D eigenvalue weighted by Gasteiger charge is 2.32. The number of carbonyl (C=O) groups excluding carboxylic acids is 2. The topological polar surface area (TPSA) is 125 Å². The van der Waals surface area contributed by atoms with Crippen LogP contribution < -0.4 is 15.4 Å². The van der Waals surface area contributed by atoms with E-state index in [1.54, 1.807) is 38.1 Å². The van der Waals surface area contributed by atoms with Gasteiger partial charge in [0.1, 0.15) is 11.8 Å². The van der Waals surface area contributed by atoms with Gasteiger partial charge in [-0.3, -0.25) is 14.4 Å². The van der Waals surface area contributed by atoms with Gasteiger partial charge in [0.15, 0.2) is 0 Å². The Bertz CT molecular complexity index is 1050. The predicted octanol–water partition coefficient (Wildman–Crippen LogP) is 3.22. The lowest BCUT2D eigenvalue weighted by Crippen LogP contribution is -2.55. The van der Waals surface area contributed by atoms with Gasteiger partial charge in [-0.25, -0.2) is 0 Å². The van der Waals surface area contributed by atoms with Crippen LogP contribution in [0.2, 0.25) is 0 Å². The molecule has 0 spiro atoms. The Hall–Kier alpha value is -3.60. The summed E-state index contributed by atoms with van der Waals surface area (Å²) in [6, 6.07) is 12.2. The minimum absolute atomic E-state index is 0.0812. The van der Waals surface area contributed by atoms with Crippen LogP contribution in [-0.4, -0.2) is 52.5 Å². The minimum atomic E-state index is -4.87. The second-order valence-electron chi connectivity index (χ2n) is 8.97. The molecule has 202 valence electrons. The molecule has 0 aliphatic rings. The van der Waals surface area contributed by atoms with Crippen LogP contribution in [0.4, 0.5) is 13.2 Å². The summed E-state index contributed by atoms with van der Waals surface area (Å²) in [6.07, 6.45) is -6.45. The van der Waals surface area contributed by atoms with Crippen LogP contribution >= 0.6 is 0 Å². The first kappa shape index (κ1) is 29.6. The molecule has 11 heteroatoms. The predicted molar refractivity (Wildman–Crippen MR) is 129 cm³/mol. The number of halogens is 3.